The first-order valence-corrected chi connectivity index (χ1v) is 8.20. The molecule has 1 heterocycles. The average molecular weight is 335 g/mol. The van der Waals surface area contributed by atoms with Crippen LogP contribution in [-0.2, 0) is 0 Å². The van der Waals surface area contributed by atoms with Crippen LogP contribution in [0.15, 0.2) is 59.2 Å². The van der Waals surface area contributed by atoms with Crippen LogP contribution in [0.3, 0.4) is 0 Å². The van der Waals surface area contributed by atoms with Crippen molar-refractivity contribution in [3.8, 4) is 11.1 Å². The Hall–Kier alpha value is -3.01. The van der Waals surface area contributed by atoms with E-state index in [9.17, 15) is 4.79 Å². The molecule has 1 atom stereocenters. The van der Waals surface area contributed by atoms with E-state index in [0.717, 1.165) is 11.3 Å². The van der Waals surface area contributed by atoms with E-state index >= 15 is 0 Å². The van der Waals surface area contributed by atoms with Gasteiger partial charge in [0.25, 0.3) is 0 Å². The van der Waals surface area contributed by atoms with Crippen LogP contribution < -0.4 is 5.32 Å². The Bertz CT molecular complexity index is 894. The number of hydrogen-bond acceptors (Lipinski definition) is 3. The maximum absolute atomic E-state index is 11.2. The summed E-state index contributed by atoms with van der Waals surface area (Å²) < 4.78 is 5.04. The number of benzene rings is 2. The van der Waals surface area contributed by atoms with E-state index in [1.54, 1.807) is 6.07 Å². The fourth-order valence-corrected chi connectivity index (χ4v) is 2.82. The minimum atomic E-state index is -1.06. The number of carboxylic acid groups (broad SMARTS) is 1. The van der Waals surface area contributed by atoms with Crippen molar-refractivity contribution in [2.24, 2.45) is 0 Å². The smallest absolute Gasteiger partial charge is 0.372 e. The fourth-order valence-electron chi connectivity index (χ4n) is 2.82. The molecule has 0 fully saturated rings. The first-order valence-electron chi connectivity index (χ1n) is 8.20. The molecule has 0 unspecified atom stereocenters. The van der Waals surface area contributed by atoms with Gasteiger partial charge in [-0.3, -0.25) is 0 Å². The molecule has 2 N–H and O–H groups in total. The Labute approximate surface area is 147 Å². The van der Waals surface area contributed by atoms with Crippen LogP contribution >= 0.6 is 0 Å². The highest BCUT2D eigenvalue weighted by molar-refractivity contribution is 5.93. The van der Waals surface area contributed by atoms with Gasteiger partial charge in [0.05, 0.1) is 6.26 Å². The molecule has 25 heavy (non-hydrogen) atoms. The van der Waals surface area contributed by atoms with Gasteiger partial charge in [0.1, 0.15) is 0 Å². The predicted molar refractivity (Wildman–Crippen MR) is 99.1 cm³/mol. The van der Waals surface area contributed by atoms with Crippen LogP contribution in [0.2, 0.25) is 0 Å². The van der Waals surface area contributed by atoms with E-state index in [2.05, 4.69) is 44.3 Å². The molecule has 3 aromatic rings. The van der Waals surface area contributed by atoms with Gasteiger partial charge < -0.3 is 14.8 Å². The molecule has 0 saturated carbocycles. The van der Waals surface area contributed by atoms with Gasteiger partial charge in [-0.05, 0) is 61.2 Å². The zero-order valence-corrected chi connectivity index (χ0v) is 14.5. The topological polar surface area (TPSA) is 62.5 Å². The highest BCUT2D eigenvalue weighted by Crippen LogP contribution is 2.28. The Balaban J connectivity index is 1.77. The largest absolute Gasteiger partial charge is 0.475 e. The molecule has 0 radical (unpaired) electrons. The minimum absolute atomic E-state index is 0.0378. The van der Waals surface area contributed by atoms with Crippen LogP contribution in [0.4, 0.5) is 5.69 Å². The predicted octanol–water partition coefficient (Wildman–Crippen LogP) is 5.43. The highest BCUT2D eigenvalue weighted by Gasteiger charge is 2.15. The first kappa shape index (κ1) is 16.8. The number of rotatable bonds is 5. The fraction of sp³-hybridized carbons (Fsp3) is 0.190. The summed E-state index contributed by atoms with van der Waals surface area (Å²) in [5.41, 5.74) is 6.18. The van der Waals surface area contributed by atoms with Crippen molar-refractivity contribution in [1.82, 2.24) is 0 Å². The summed E-state index contributed by atoms with van der Waals surface area (Å²) in [5, 5.41) is 12.6. The van der Waals surface area contributed by atoms with Gasteiger partial charge in [0, 0.05) is 17.3 Å². The van der Waals surface area contributed by atoms with E-state index in [4.69, 9.17) is 9.52 Å². The molecule has 4 nitrogen and oxygen atoms in total. The van der Waals surface area contributed by atoms with Gasteiger partial charge in [-0.25, -0.2) is 4.79 Å². The van der Waals surface area contributed by atoms with Gasteiger partial charge in [0.2, 0.25) is 5.76 Å². The van der Waals surface area contributed by atoms with E-state index < -0.39 is 5.97 Å². The summed E-state index contributed by atoms with van der Waals surface area (Å²) in [6.45, 7) is 6.35. The maximum atomic E-state index is 11.2. The third-order valence-corrected chi connectivity index (χ3v) is 4.47. The second-order valence-corrected chi connectivity index (χ2v) is 6.26. The van der Waals surface area contributed by atoms with Gasteiger partial charge in [-0.1, -0.05) is 30.3 Å². The second-order valence-electron chi connectivity index (χ2n) is 6.26. The number of carboxylic acids is 1. The summed E-state index contributed by atoms with van der Waals surface area (Å²) in [6.07, 6.45) is 1.40. The zero-order chi connectivity index (χ0) is 18.0. The summed E-state index contributed by atoms with van der Waals surface area (Å²) in [6, 6.07) is 16.0. The Morgan fingerprint density at radius 1 is 1.04 bits per heavy atom. The summed E-state index contributed by atoms with van der Waals surface area (Å²) >= 11 is 0. The lowest BCUT2D eigenvalue weighted by atomic mass is 10.0. The van der Waals surface area contributed by atoms with Crippen LogP contribution in [0.5, 0.6) is 0 Å². The summed E-state index contributed by atoms with van der Waals surface area (Å²) in [7, 11) is 0. The third kappa shape index (κ3) is 3.58. The lowest BCUT2D eigenvalue weighted by molar-refractivity contribution is 0.0663. The molecule has 0 spiro atoms. The molecule has 0 amide bonds. The average Bonchev–Trinajstić information content (AvgIpc) is 3.08. The molecule has 0 aliphatic rings. The van der Waals surface area contributed by atoms with Crippen molar-refractivity contribution in [1.29, 1.82) is 0 Å². The van der Waals surface area contributed by atoms with E-state index in [-0.39, 0.29) is 11.8 Å². The zero-order valence-electron chi connectivity index (χ0n) is 14.5. The molecule has 0 aliphatic heterocycles. The van der Waals surface area contributed by atoms with Crippen LogP contribution in [0, 0.1) is 13.8 Å². The number of hydrogen-bond donors (Lipinski definition) is 2. The summed E-state index contributed by atoms with van der Waals surface area (Å²) in [5.74, 6) is -1.10. The van der Waals surface area contributed by atoms with Crippen LogP contribution in [0.25, 0.3) is 11.1 Å². The van der Waals surface area contributed by atoms with Crippen molar-refractivity contribution in [2.45, 2.75) is 26.8 Å². The van der Waals surface area contributed by atoms with Crippen molar-refractivity contribution in [3.05, 3.63) is 77.2 Å². The second kappa shape index (κ2) is 6.85. The Morgan fingerprint density at radius 2 is 1.76 bits per heavy atom. The SMILES string of the molecule is Cc1ccc([C@H](C)Nc2ccc(-c3ccoc3C(=O)O)cc2)cc1C. The van der Waals surface area contributed by atoms with E-state index in [0.29, 0.717) is 5.56 Å². The van der Waals surface area contributed by atoms with Crippen molar-refractivity contribution in [2.75, 3.05) is 5.32 Å². The number of carbonyl (C=O) groups is 1. The molecular weight excluding hydrogens is 314 g/mol. The molecule has 128 valence electrons. The number of aryl methyl sites for hydroxylation is 2. The first-order chi connectivity index (χ1) is 12.0. The van der Waals surface area contributed by atoms with Gasteiger partial charge >= 0.3 is 5.97 Å². The Kier molecular flexibility index (Phi) is 4.61. The number of nitrogens with one attached hydrogen (secondary N) is 1. The third-order valence-electron chi connectivity index (χ3n) is 4.47. The lowest BCUT2D eigenvalue weighted by Crippen LogP contribution is -2.07. The molecule has 3 rings (SSSR count). The molecule has 0 aliphatic carbocycles. The van der Waals surface area contributed by atoms with Gasteiger partial charge in [-0.2, -0.15) is 0 Å². The number of furan rings is 1. The standard InChI is InChI=1S/C21H21NO3/c1-13-4-5-17(12-14(13)2)15(3)22-18-8-6-16(7-9-18)19-10-11-25-20(19)21(23)24/h4-12,15,22H,1-3H3,(H,23,24)/t15-/m0/s1. The Morgan fingerprint density at radius 3 is 2.40 bits per heavy atom. The monoisotopic (exact) mass is 335 g/mol. The van der Waals surface area contributed by atoms with Gasteiger partial charge in [-0.15, -0.1) is 0 Å². The molecule has 0 bridgehead atoms. The number of aromatic carboxylic acids is 1. The lowest BCUT2D eigenvalue weighted by Gasteiger charge is -2.17. The summed E-state index contributed by atoms with van der Waals surface area (Å²) in [4.78, 5) is 11.2. The maximum Gasteiger partial charge on any atom is 0.372 e. The molecule has 4 heteroatoms. The molecule has 1 aromatic heterocycles. The van der Waals surface area contributed by atoms with Crippen molar-refractivity contribution in [3.63, 3.8) is 0 Å². The van der Waals surface area contributed by atoms with E-state index in [1.165, 1.54) is 23.0 Å². The van der Waals surface area contributed by atoms with Crippen LogP contribution in [-0.4, -0.2) is 11.1 Å². The van der Waals surface area contributed by atoms with Crippen molar-refractivity contribution < 1.29 is 14.3 Å². The molecule has 2 aromatic carbocycles. The van der Waals surface area contributed by atoms with E-state index in [1.807, 2.05) is 24.3 Å². The molecule has 0 saturated heterocycles. The highest BCUT2D eigenvalue weighted by atomic mass is 16.4. The minimum Gasteiger partial charge on any atom is -0.475 e. The van der Waals surface area contributed by atoms with Gasteiger partial charge in [0.15, 0.2) is 0 Å². The number of anilines is 1. The normalized spacial score (nSPS) is 12.0. The van der Waals surface area contributed by atoms with Crippen LogP contribution in [0.1, 0.15) is 40.2 Å². The quantitative estimate of drug-likeness (QED) is 0.652. The van der Waals surface area contributed by atoms with Crippen molar-refractivity contribution >= 4 is 11.7 Å². The molecular formula is C21H21NO3.